The van der Waals surface area contributed by atoms with E-state index >= 15 is 0 Å². The highest BCUT2D eigenvalue weighted by Crippen LogP contribution is 2.57. The number of hydrogen-bond donors (Lipinski definition) is 0. The van der Waals surface area contributed by atoms with Gasteiger partial charge < -0.3 is 0 Å². The van der Waals surface area contributed by atoms with Crippen molar-refractivity contribution in [1.29, 1.82) is 0 Å². The van der Waals surface area contributed by atoms with Crippen LogP contribution in [-0.4, -0.2) is 15.0 Å². The molecular formula is C52H33N3. The summed E-state index contributed by atoms with van der Waals surface area (Å²) in [7, 11) is 0. The molecule has 1 aliphatic carbocycles. The van der Waals surface area contributed by atoms with Crippen LogP contribution in [0.3, 0.4) is 0 Å². The molecule has 0 bridgehead atoms. The van der Waals surface area contributed by atoms with Crippen molar-refractivity contribution >= 4 is 32.3 Å². The van der Waals surface area contributed by atoms with Gasteiger partial charge in [-0.05, 0) is 83.9 Å². The number of benzene rings is 9. The number of rotatable bonds is 5. The fourth-order valence-electron chi connectivity index (χ4n) is 8.90. The Kier molecular flexibility index (Phi) is 7.08. The Labute approximate surface area is 319 Å². The molecule has 1 heterocycles. The molecule has 0 fully saturated rings. The minimum Gasteiger partial charge on any atom is -0.208 e. The van der Waals surface area contributed by atoms with E-state index in [1.54, 1.807) is 0 Å². The highest BCUT2D eigenvalue weighted by atomic mass is 15.0. The summed E-state index contributed by atoms with van der Waals surface area (Å²) in [5.74, 6) is 1.95. The first-order chi connectivity index (χ1) is 27.3. The van der Waals surface area contributed by atoms with Gasteiger partial charge in [0.05, 0.1) is 5.41 Å². The molecule has 0 radical (unpaired) electrons. The molecule has 0 saturated heterocycles. The van der Waals surface area contributed by atoms with Crippen molar-refractivity contribution in [1.82, 2.24) is 15.0 Å². The Hall–Kier alpha value is -7.23. The molecule has 0 unspecified atom stereocenters. The second-order valence-electron chi connectivity index (χ2n) is 14.3. The summed E-state index contributed by atoms with van der Waals surface area (Å²) in [6, 6.07) is 71.7. The fourth-order valence-corrected chi connectivity index (χ4v) is 8.90. The molecule has 1 aromatic heterocycles. The van der Waals surface area contributed by atoms with Crippen LogP contribution in [0.5, 0.6) is 0 Å². The first-order valence-electron chi connectivity index (χ1n) is 18.8. The molecule has 1 aliphatic rings. The largest absolute Gasteiger partial charge is 0.208 e. The van der Waals surface area contributed by atoms with Gasteiger partial charge in [-0.3, -0.25) is 0 Å². The van der Waals surface area contributed by atoms with E-state index in [4.69, 9.17) is 15.0 Å². The van der Waals surface area contributed by atoms with Gasteiger partial charge in [0, 0.05) is 16.7 Å². The highest BCUT2D eigenvalue weighted by Gasteiger charge is 2.46. The molecular weight excluding hydrogens is 667 g/mol. The summed E-state index contributed by atoms with van der Waals surface area (Å²) >= 11 is 0. The molecule has 3 heteroatoms. The Bertz CT molecular complexity index is 3040. The monoisotopic (exact) mass is 699 g/mol. The van der Waals surface area contributed by atoms with Gasteiger partial charge in [0.2, 0.25) is 0 Å². The van der Waals surface area contributed by atoms with Crippen molar-refractivity contribution in [3.63, 3.8) is 0 Å². The van der Waals surface area contributed by atoms with Crippen molar-refractivity contribution in [3.8, 4) is 45.3 Å². The number of hydrogen-bond acceptors (Lipinski definition) is 3. The van der Waals surface area contributed by atoms with Gasteiger partial charge in [0.1, 0.15) is 0 Å². The van der Waals surface area contributed by atoms with Crippen LogP contribution in [0, 0.1) is 0 Å². The average Bonchev–Trinajstić information content (AvgIpc) is 3.55. The van der Waals surface area contributed by atoms with E-state index in [1.165, 1.54) is 49.5 Å². The molecule has 0 aliphatic heterocycles. The maximum absolute atomic E-state index is 5.26. The zero-order chi connectivity index (χ0) is 36.3. The predicted molar refractivity (Wildman–Crippen MR) is 226 cm³/mol. The minimum absolute atomic E-state index is 0.471. The molecule has 3 nitrogen and oxygen atoms in total. The van der Waals surface area contributed by atoms with Crippen LogP contribution in [0.25, 0.3) is 77.6 Å². The van der Waals surface area contributed by atoms with Crippen molar-refractivity contribution in [2.75, 3.05) is 0 Å². The molecule has 0 N–H and O–H groups in total. The third-order valence-electron chi connectivity index (χ3n) is 11.4. The Balaban J connectivity index is 1.15. The average molecular weight is 700 g/mol. The molecule has 55 heavy (non-hydrogen) atoms. The van der Waals surface area contributed by atoms with E-state index in [0.717, 1.165) is 32.8 Å². The predicted octanol–water partition coefficient (Wildman–Crippen LogP) is 12.7. The minimum atomic E-state index is -0.471. The van der Waals surface area contributed by atoms with Gasteiger partial charge in [0.15, 0.2) is 17.5 Å². The van der Waals surface area contributed by atoms with Gasteiger partial charge in [-0.1, -0.05) is 182 Å². The summed E-state index contributed by atoms with van der Waals surface area (Å²) in [5, 5.41) is 7.08. The van der Waals surface area contributed by atoms with E-state index in [0.29, 0.717) is 17.5 Å². The van der Waals surface area contributed by atoms with Gasteiger partial charge in [0.25, 0.3) is 0 Å². The third-order valence-corrected chi connectivity index (χ3v) is 11.4. The van der Waals surface area contributed by atoms with E-state index < -0.39 is 5.41 Å². The van der Waals surface area contributed by atoms with Crippen LogP contribution >= 0.6 is 0 Å². The zero-order valence-electron chi connectivity index (χ0n) is 29.9. The Morgan fingerprint density at radius 3 is 1.64 bits per heavy atom. The van der Waals surface area contributed by atoms with Crippen molar-refractivity contribution in [2.45, 2.75) is 5.41 Å². The molecule has 0 saturated carbocycles. The van der Waals surface area contributed by atoms with Crippen molar-refractivity contribution in [2.24, 2.45) is 0 Å². The normalized spacial score (nSPS) is 12.9. The highest BCUT2D eigenvalue weighted by molar-refractivity contribution is 6.08. The lowest BCUT2D eigenvalue weighted by Gasteiger charge is -2.34. The Morgan fingerprint density at radius 2 is 0.855 bits per heavy atom. The van der Waals surface area contributed by atoms with Crippen molar-refractivity contribution < 1.29 is 0 Å². The van der Waals surface area contributed by atoms with Crippen LogP contribution < -0.4 is 0 Å². The molecule has 0 spiro atoms. The molecule has 11 rings (SSSR count). The van der Waals surface area contributed by atoms with Gasteiger partial charge >= 0.3 is 0 Å². The lowest BCUT2D eigenvalue weighted by Crippen LogP contribution is -2.28. The number of fused-ring (bicyclic) bond motifs is 7. The zero-order valence-corrected chi connectivity index (χ0v) is 29.9. The van der Waals surface area contributed by atoms with Crippen LogP contribution in [0.2, 0.25) is 0 Å². The van der Waals surface area contributed by atoms with Crippen molar-refractivity contribution in [3.05, 3.63) is 222 Å². The van der Waals surface area contributed by atoms with Gasteiger partial charge in [-0.15, -0.1) is 0 Å². The molecule has 10 aromatic rings. The second kappa shape index (κ2) is 12.4. The van der Waals surface area contributed by atoms with Crippen LogP contribution in [0.1, 0.15) is 22.3 Å². The lowest BCUT2D eigenvalue weighted by atomic mass is 9.67. The standard InChI is InChI=1S/C52H33N3/c1-4-16-35(17-5-1)49-53-50(38-29-30-42-37(31-38)28-27-34-15-10-11-23-41(34)42)55-51(54-49)44-25-14-18-36-32-48-46(33-45(36)44)43-24-12-13-26-47(43)52(48,39-19-6-2-7-20-39)40-21-8-3-9-22-40/h1-33H. The quantitative estimate of drug-likeness (QED) is 0.168. The SMILES string of the molecule is c1ccc(-c2nc(-c3ccc4c(ccc5ccccc54)c3)nc(-c3cccc4cc5c(cc34)-c3ccccc3C5(c3ccccc3)c3ccccc3)n2)cc1. The lowest BCUT2D eigenvalue weighted by molar-refractivity contribution is 0.769. The smallest absolute Gasteiger partial charge is 0.164 e. The molecule has 9 aromatic carbocycles. The number of nitrogens with zero attached hydrogens (tertiary/aromatic N) is 3. The maximum Gasteiger partial charge on any atom is 0.164 e. The van der Waals surface area contributed by atoms with Gasteiger partial charge in [-0.2, -0.15) is 0 Å². The van der Waals surface area contributed by atoms with Crippen LogP contribution in [-0.2, 0) is 5.41 Å². The topological polar surface area (TPSA) is 38.7 Å². The third kappa shape index (κ3) is 4.87. The van der Waals surface area contributed by atoms with Crippen LogP contribution in [0.4, 0.5) is 0 Å². The van der Waals surface area contributed by atoms with E-state index in [2.05, 4.69) is 182 Å². The summed E-state index contributed by atoms with van der Waals surface area (Å²) in [4.78, 5) is 15.6. The molecule has 256 valence electrons. The summed E-state index contributed by atoms with van der Waals surface area (Å²) in [6.45, 7) is 0. The summed E-state index contributed by atoms with van der Waals surface area (Å²) in [6.07, 6.45) is 0. The summed E-state index contributed by atoms with van der Waals surface area (Å²) in [5.41, 5.74) is 9.94. The van der Waals surface area contributed by atoms with Crippen LogP contribution in [0.15, 0.2) is 200 Å². The maximum atomic E-state index is 5.26. The van der Waals surface area contributed by atoms with E-state index in [1.807, 2.05) is 18.2 Å². The Morgan fingerprint density at radius 1 is 0.291 bits per heavy atom. The van der Waals surface area contributed by atoms with E-state index in [9.17, 15) is 0 Å². The molecule has 0 amide bonds. The first-order valence-corrected chi connectivity index (χ1v) is 18.8. The first kappa shape index (κ1) is 31.3. The molecule has 0 atom stereocenters. The van der Waals surface area contributed by atoms with E-state index in [-0.39, 0.29) is 0 Å². The second-order valence-corrected chi connectivity index (χ2v) is 14.3. The number of aromatic nitrogens is 3. The van der Waals surface area contributed by atoms with Gasteiger partial charge in [-0.25, -0.2) is 15.0 Å². The summed E-state index contributed by atoms with van der Waals surface area (Å²) < 4.78 is 0. The fraction of sp³-hybridized carbons (Fsp3) is 0.0192.